The summed E-state index contributed by atoms with van der Waals surface area (Å²) in [6.07, 6.45) is 10.9. The summed E-state index contributed by atoms with van der Waals surface area (Å²) < 4.78 is 13.4. The smallest absolute Gasteiger partial charge is 0.171 e. The third kappa shape index (κ3) is 2.75. The van der Waals surface area contributed by atoms with E-state index in [2.05, 4.69) is 34.6 Å². The highest BCUT2D eigenvalue weighted by atomic mass is 16.7. The van der Waals surface area contributed by atoms with Gasteiger partial charge in [0.25, 0.3) is 0 Å². The molecule has 3 heteroatoms. The predicted molar refractivity (Wildman–Crippen MR) is 122 cm³/mol. The average molecular weight is 429 g/mol. The molecule has 0 aromatic heterocycles. The van der Waals surface area contributed by atoms with Gasteiger partial charge < -0.3 is 14.6 Å². The normalized spacial score (nSPS) is 58.6. The highest BCUT2D eigenvalue weighted by Gasteiger charge is 2.68. The largest absolute Gasteiger partial charge is 0.393 e. The Kier molecular flexibility index (Phi) is 4.66. The van der Waals surface area contributed by atoms with Crippen LogP contribution in [0.2, 0.25) is 0 Å². The fraction of sp³-hybridized carbons (Fsp3) is 0.929. The molecule has 4 aliphatic carbocycles. The minimum atomic E-state index is -0.298. The van der Waals surface area contributed by atoms with Crippen molar-refractivity contribution in [2.45, 2.75) is 110 Å². The van der Waals surface area contributed by atoms with Gasteiger partial charge in [-0.15, -0.1) is 0 Å². The molecule has 2 aliphatic heterocycles. The van der Waals surface area contributed by atoms with Gasteiger partial charge in [0.15, 0.2) is 5.79 Å². The number of aliphatic hydroxyl groups excluding tert-OH is 1. The van der Waals surface area contributed by atoms with Crippen LogP contribution in [0.15, 0.2) is 11.1 Å². The van der Waals surface area contributed by atoms with E-state index in [-0.39, 0.29) is 11.9 Å². The Morgan fingerprint density at radius 1 is 0.968 bits per heavy atom. The Morgan fingerprint density at radius 3 is 2.52 bits per heavy atom. The molecule has 2 saturated heterocycles. The Hall–Kier alpha value is -0.380. The number of aliphatic hydroxyl groups is 1. The summed E-state index contributed by atoms with van der Waals surface area (Å²) >= 11 is 0. The van der Waals surface area contributed by atoms with Crippen LogP contribution >= 0.6 is 0 Å². The zero-order chi connectivity index (χ0) is 21.8. The Morgan fingerprint density at radius 2 is 1.77 bits per heavy atom. The van der Waals surface area contributed by atoms with Crippen molar-refractivity contribution < 1.29 is 14.6 Å². The van der Waals surface area contributed by atoms with Gasteiger partial charge in [-0.1, -0.05) is 38.8 Å². The summed E-state index contributed by atoms with van der Waals surface area (Å²) in [5.74, 6) is 3.91. The van der Waals surface area contributed by atoms with E-state index in [1.54, 1.807) is 11.1 Å². The first-order chi connectivity index (χ1) is 14.7. The lowest BCUT2D eigenvalue weighted by Gasteiger charge is -2.59. The van der Waals surface area contributed by atoms with Crippen LogP contribution in [0.1, 0.15) is 92.4 Å². The fourth-order valence-electron chi connectivity index (χ4n) is 10.1. The molecule has 0 bridgehead atoms. The van der Waals surface area contributed by atoms with Crippen molar-refractivity contribution in [2.75, 3.05) is 6.61 Å². The molecular weight excluding hydrogens is 384 g/mol. The number of ether oxygens (including phenoxy) is 2. The molecule has 11 atom stereocenters. The van der Waals surface area contributed by atoms with Crippen LogP contribution in [0.25, 0.3) is 0 Å². The van der Waals surface area contributed by atoms with Crippen LogP contribution in [-0.2, 0) is 9.47 Å². The van der Waals surface area contributed by atoms with Gasteiger partial charge in [-0.2, -0.15) is 0 Å². The van der Waals surface area contributed by atoms with Crippen LogP contribution in [-0.4, -0.2) is 29.7 Å². The monoisotopic (exact) mass is 428 g/mol. The third-order valence-electron chi connectivity index (χ3n) is 11.7. The fourth-order valence-corrected chi connectivity index (χ4v) is 10.1. The van der Waals surface area contributed by atoms with Gasteiger partial charge in [0.05, 0.1) is 18.8 Å². The second-order valence-corrected chi connectivity index (χ2v) is 13.2. The van der Waals surface area contributed by atoms with E-state index >= 15 is 0 Å². The maximum Gasteiger partial charge on any atom is 0.171 e. The molecule has 1 spiro atoms. The first-order valence-electron chi connectivity index (χ1n) is 13.4. The first kappa shape index (κ1) is 21.2. The second-order valence-electron chi connectivity index (χ2n) is 13.2. The molecule has 3 saturated carbocycles. The van der Waals surface area contributed by atoms with Crippen LogP contribution < -0.4 is 0 Å². The van der Waals surface area contributed by atoms with Gasteiger partial charge in [0.2, 0.25) is 0 Å². The van der Waals surface area contributed by atoms with Crippen molar-refractivity contribution >= 4 is 0 Å². The molecule has 0 aromatic carbocycles. The molecule has 2 heterocycles. The molecule has 3 nitrogen and oxygen atoms in total. The van der Waals surface area contributed by atoms with Gasteiger partial charge in [-0.25, -0.2) is 0 Å². The van der Waals surface area contributed by atoms with Crippen LogP contribution in [0.3, 0.4) is 0 Å². The van der Waals surface area contributed by atoms with Crippen molar-refractivity contribution in [3.8, 4) is 0 Å². The summed E-state index contributed by atoms with van der Waals surface area (Å²) in [6, 6.07) is 0. The average Bonchev–Trinajstić information content (AvgIpc) is 3.17. The summed E-state index contributed by atoms with van der Waals surface area (Å²) in [5, 5.41) is 10.4. The highest BCUT2D eigenvalue weighted by molar-refractivity contribution is 5.31. The lowest BCUT2D eigenvalue weighted by Crippen LogP contribution is -2.53. The number of allylic oxidation sites excluding steroid dienone is 1. The second kappa shape index (κ2) is 6.83. The molecular formula is C28H44O3. The molecule has 0 aromatic rings. The summed E-state index contributed by atoms with van der Waals surface area (Å²) in [4.78, 5) is 0. The van der Waals surface area contributed by atoms with E-state index in [9.17, 15) is 5.11 Å². The van der Waals surface area contributed by atoms with Crippen molar-refractivity contribution in [2.24, 2.45) is 46.3 Å². The van der Waals surface area contributed by atoms with Gasteiger partial charge >= 0.3 is 0 Å². The predicted octanol–water partition coefficient (Wildman–Crippen LogP) is 6.10. The minimum Gasteiger partial charge on any atom is -0.393 e. The van der Waals surface area contributed by atoms with Crippen molar-refractivity contribution in [1.29, 1.82) is 0 Å². The Balaban J connectivity index is 1.30. The van der Waals surface area contributed by atoms with Gasteiger partial charge in [0.1, 0.15) is 0 Å². The zero-order valence-electron chi connectivity index (χ0n) is 20.5. The standard InChI is InChI=1S/C28H44O3/c1-16-6-11-28(30-15-16)18(3)25-24(31-28)14-23-20-12-17(2)22-13-19(29)7-9-26(22,4)21(20)8-10-27(23,25)5/h16,18-21,23-25,29H,6-15H2,1-5H3. The topological polar surface area (TPSA) is 38.7 Å². The van der Waals surface area contributed by atoms with E-state index in [0.717, 1.165) is 43.6 Å². The lowest BCUT2D eigenvalue weighted by molar-refractivity contribution is -0.272. The van der Waals surface area contributed by atoms with Crippen LogP contribution in [0.4, 0.5) is 0 Å². The van der Waals surface area contributed by atoms with E-state index in [1.165, 1.54) is 38.5 Å². The van der Waals surface area contributed by atoms with Gasteiger partial charge in [-0.3, -0.25) is 0 Å². The molecule has 1 N–H and O–H groups in total. The first-order valence-corrected chi connectivity index (χ1v) is 13.4. The third-order valence-corrected chi connectivity index (χ3v) is 11.7. The molecule has 6 rings (SSSR count). The summed E-state index contributed by atoms with van der Waals surface area (Å²) in [7, 11) is 0. The SMILES string of the molecule is CC1=C2CC(O)CCC2(C)C2CCC3(C)C(CC4OC5(CCC(C)CO5)C(C)C43)C2C1. The summed E-state index contributed by atoms with van der Waals surface area (Å²) in [6.45, 7) is 13.2. The highest BCUT2D eigenvalue weighted by Crippen LogP contribution is 2.71. The lowest BCUT2D eigenvalue weighted by atomic mass is 9.46. The molecule has 174 valence electrons. The van der Waals surface area contributed by atoms with Crippen molar-refractivity contribution in [3.05, 3.63) is 11.1 Å². The number of hydrogen-bond donors (Lipinski definition) is 1. The molecule has 31 heavy (non-hydrogen) atoms. The minimum absolute atomic E-state index is 0.113. The van der Waals surface area contributed by atoms with Gasteiger partial charge in [-0.05, 0) is 98.7 Å². The van der Waals surface area contributed by atoms with Crippen LogP contribution in [0.5, 0.6) is 0 Å². The Bertz CT molecular complexity index is 779. The molecule has 0 radical (unpaired) electrons. The van der Waals surface area contributed by atoms with Crippen molar-refractivity contribution in [1.82, 2.24) is 0 Å². The molecule has 5 fully saturated rings. The zero-order valence-corrected chi connectivity index (χ0v) is 20.5. The molecule has 11 unspecified atom stereocenters. The van der Waals surface area contributed by atoms with E-state index in [0.29, 0.717) is 34.7 Å². The number of hydrogen-bond acceptors (Lipinski definition) is 3. The number of fused-ring (bicyclic) bond motifs is 7. The van der Waals surface area contributed by atoms with E-state index in [1.807, 2.05) is 0 Å². The molecule has 0 amide bonds. The van der Waals surface area contributed by atoms with E-state index < -0.39 is 0 Å². The van der Waals surface area contributed by atoms with Crippen LogP contribution in [0, 0.1) is 46.3 Å². The Labute approximate surface area is 189 Å². The quantitative estimate of drug-likeness (QED) is 0.474. The maximum atomic E-state index is 10.4. The number of rotatable bonds is 0. The van der Waals surface area contributed by atoms with Gasteiger partial charge in [0, 0.05) is 12.3 Å². The van der Waals surface area contributed by atoms with Crippen molar-refractivity contribution in [3.63, 3.8) is 0 Å². The molecule has 6 aliphatic rings. The maximum absolute atomic E-state index is 10.4. The van der Waals surface area contributed by atoms with E-state index in [4.69, 9.17) is 9.47 Å². The summed E-state index contributed by atoms with van der Waals surface area (Å²) in [5.41, 5.74) is 3.95.